The lowest BCUT2D eigenvalue weighted by Crippen LogP contribution is -2.28. The minimum absolute atomic E-state index is 0.0957. The number of benzene rings is 4. The molecule has 0 bridgehead atoms. The molecule has 0 aromatic heterocycles. The minimum atomic E-state index is -0.319. The van der Waals surface area contributed by atoms with Crippen molar-refractivity contribution in [2.45, 2.75) is 51.2 Å². The van der Waals surface area contributed by atoms with Crippen molar-refractivity contribution in [1.29, 1.82) is 0 Å². The number of carbonyl (C=O) groups is 1. The van der Waals surface area contributed by atoms with Gasteiger partial charge in [0.2, 0.25) is 0 Å². The Morgan fingerprint density at radius 3 is 2.58 bits per heavy atom. The molecule has 38 heavy (non-hydrogen) atoms. The summed E-state index contributed by atoms with van der Waals surface area (Å²) in [5, 5.41) is 5.24. The van der Waals surface area contributed by atoms with E-state index in [2.05, 4.69) is 37.4 Å². The van der Waals surface area contributed by atoms with Crippen molar-refractivity contribution in [3.63, 3.8) is 0 Å². The Balaban J connectivity index is 1.25. The molecule has 1 N–H and O–H groups in total. The Labute approximate surface area is 223 Å². The normalized spacial score (nSPS) is 17.5. The molecule has 0 radical (unpaired) electrons. The lowest BCUT2D eigenvalue weighted by atomic mass is 9.81. The van der Waals surface area contributed by atoms with Gasteiger partial charge in [0.1, 0.15) is 11.6 Å². The summed E-state index contributed by atoms with van der Waals surface area (Å²) in [6.07, 6.45) is 2.86. The van der Waals surface area contributed by atoms with Gasteiger partial charge in [0.15, 0.2) is 0 Å². The van der Waals surface area contributed by atoms with E-state index in [4.69, 9.17) is 9.47 Å². The van der Waals surface area contributed by atoms with E-state index in [0.717, 1.165) is 48.1 Å². The molecule has 4 nitrogen and oxygen atoms in total. The predicted molar refractivity (Wildman–Crippen MR) is 149 cm³/mol. The maximum absolute atomic E-state index is 14.2. The zero-order valence-electron chi connectivity index (χ0n) is 22.2. The lowest BCUT2D eigenvalue weighted by molar-refractivity contribution is 0.0600. The number of rotatable bonds is 8. The van der Waals surface area contributed by atoms with E-state index in [9.17, 15) is 9.18 Å². The molecule has 0 saturated carbocycles. The summed E-state index contributed by atoms with van der Waals surface area (Å²) in [7, 11) is 1.41. The monoisotopic (exact) mass is 511 g/mol. The summed E-state index contributed by atoms with van der Waals surface area (Å²) in [5.74, 6) is 0.634. The maximum Gasteiger partial charge on any atom is 0.337 e. The fourth-order valence-corrected chi connectivity index (χ4v) is 5.70. The number of nitrogens with one attached hydrogen (secondary N) is 1. The highest BCUT2D eigenvalue weighted by Gasteiger charge is 2.30. The molecular weight excluding hydrogens is 477 g/mol. The van der Waals surface area contributed by atoms with Gasteiger partial charge in [0.05, 0.1) is 18.8 Å². The molecule has 0 unspecified atom stereocenters. The largest absolute Gasteiger partial charge is 0.490 e. The van der Waals surface area contributed by atoms with Crippen molar-refractivity contribution < 1.29 is 18.7 Å². The second kappa shape index (κ2) is 11.4. The second-order valence-corrected chi connectivity index (χ2v) is 10.1. The van der Waals surface area contributed by atoms with E-state index in [1.54, 1.807) is 6.07 Å². The molecule has 1 aliphatic rings. The van der Waals surface area contributed by atoms with E-state index in [-0.39, 0.29) is 29.9 Å². The van der Waals surface area contributed by atoms with Gasteiger partial charge in [-0.2, -0.15) is 0 Å². The fraction of sp³-hybridized carbons (Fsp3) is 0.303. The zero-order valence-corrected chi connectivity index (χ0v) is 22.2. The quantitative estimate of drug-likeness (QED) is 0.197. The first-order chi connectivity index (χ1) is 18.5. The van der Waals surface area contributed by atoms with Crippen LogP contribution in [0.2, 0.25) is 0 Å². The molecule has 0 amide bonds. The van der Waals surface area contributed by atoms with Crippen LogP contribution in [0, 0.1) is 12.7 Å². The van der Waals surface area contributed by atoms with Crippen molar-refractivity contribution in [3.05, 3.63) is 112 Å². The standard InChI is InChI=1S/C33H34FNO3/c1-21-19-23(33(36)37-3)14-15-25(21)30-20-24(38-32-13-7-6-12-29(30)32)9-8-18-35-22(2)26-16-17-31(34)28-11-5-4-10-27(26)28/h4-7,10-17,19,22,24,30,35H,8-9,18,20H2,1-3H3/t22-,24+,30+/m1/s1. The molecule has 0 fully saturated rings. The molecule has 5 rings (SSSR count). The molecule has 3 atom stereocenters. The number of fused-ring (bicyclic) bond motifs is 2. The topological polar surface area (TPSA) is 47.6 Å². The van der Waals surface area contributed by atoms with Crippen LogP contribution in [0.4, 0.5) is 4.39 Å². The highest BCUT2D eigenvalue weighted by atomic mass is 19.1. The van der Waals surface area contributed by atoms with Crippen molar-refractivity contribution in [3.8, 4) is 5.75 Å². The van der Waals surface area contributed by atoms with Crippen molar-refractivity contribution in [1.82, 2.24) is 5.32 Å². The summed E-state index contributed by atoms with van der Waals surface area (Å²) in [5.41, 5.74) is 5.16. The van der Waals surface area contributed by atoms with Gasteiger partial charge in [-0.25, -0.2) is 9.18 Å². The Kier molecular flexibility index (Phi) is 7.75. The molecule has 0 aliphatic carbocycles. The van der Waals surface area contributed by atoms with Crippen LogP contribution < -0.4 is 10.1 Å². The Morgan fingerprint density at radius 2 is 1.79 bits per heavy atom. The number of ether oxygens (including phenoxy) is 2. The molecule has 1 heterocycles. The summed E-state index contributed by atoms with van der Waals surface area (Å²) >= 11 is 0. The Hall–Kier alpha value is -3.70. The maximum atomic E-state index is 14.2. The number of hydrogen-bond donors (Lipinski definition) is 1. The number of carbonyl (C=O) groups excluding carboxylic acids is 1. The summed E-state index contributed by atoms with van der Waals surface area (Å²) in [6, 6.07) is 25.3. The first kappa shape index (κ1) is 25.9. The number of methoxy groups -OCH3 is 1. The third-order valence-electron chi connectivity index (χ3n) is 7.68. The van der Waals surface area contributed by atoms with E-state index < -0.39 is 0 Å². The van der Waals surface area contributed by atoms with E-state index in [0.29, 0.717) is 10.9 Å². The van der Waals surface area contributed by atoms with Crippen molar-refractivity contribution >= 4 is 16.7 Å². The minimum Gasteiger partial charge on any atom is -0.490 e. The third-order valence-corrected chi connectivity index (χ3v) is 7.68. The van der Waals surface area contributed by atoms with E-state index in [1.807, 2.05) is 54.6 Å². The molecule has 1 aliphatic heterocycles. The highest BCUT2D eigenvalue weighted by molar-refractivity contribution is 5.89. The van der Waals surface area contributed by atoms with E-state index in [1.165, 1.54) is 18.2 Å². The first-order valence-electron chi connectivity index (χ1n) is 13.3. The third kappa shape index (κ3) is 5.30. The van der Waals surface area contributed by atoms with Crippen LogP contribution in [-0.4, -0.2) is 25.7 Å². The van der Waals surface area contributed by atoms with E-state index >= 15 is 0 Å². The average Bonchev–Trinajstić information content (AvgIpc) is 2.94. The number of para-hydroxylation sites is 1. The van der Waals surface area contributed by atoms with Gasteiger partial charge in [-0.05, 0) is 86.0 Å². The molecule has 0 spiro atoms. The Morgan fingerprint density at radius 1 is 1.03 bits per heavy atom. The van der Waals surface area contributed by atoms with Crippen LogP contribution in [0.3, 0.4) is 0 Å². The van der Waals surface area contributed by atoms with Gasteiger partial charge in [0, 0.05) is 22.9 Å². The zero-order chi connectivity index (χ0) is 26.6. The van der Waals surface area contributed by atoms with Crippen LogP contribution in [0.15, 0.2) is 78.9 Å². The van der Waals surface area contributed by atoms with Gasteiger partial charge in [-0.3, -0.25) is 0 Å². The van der Waals surface area contributed by atoms with Gasteiger partial charge < -0.3 is 14.8 Å². The lowest BCUT2D eigenvalue weighted by Gasteiger charge is -2.33. The van der Waals surface area contributed by atoms with Crippen LogP contribution in [0.5, 0.6) is 5.75 Å². The van der Waals surface area contributed by atoms with Crippen LogP contribution in [0.1, 0.15) is 70.8 Å². The summed E-state index contributed by atoms with van der Waals surface area (Å²) < 4.78 is 25.6. The second-order valence-electron chi connectivity index (χ2n) is 10.1. The van der Waals surface area contributed by atoms with Crippen LogP contribution in [0.25, 0.3) is 10.8 Å². The van der Waals surface area contributed by atoms with Crippen molar-refractivity contribution in [2.75, 3.05) is 13.7 Å². The Bertz CT molecular complexity index is 1450. The van der Waals surface area contributed by atoms with Gasteiger partial charge >= 0.3 is 5.97 Å². The molecule has 196 valence electrons. The number of aryl methyl sites for hydroxylation is 1. The van der Waals surface area contributed by atoms with Gasteiger partial charge in [0.25, 0.3) is 0 Å². The average molecular weight is 512 g/mol. The SMILES string of the molecule is COC(=O)c1ccc([C@@H]2C[C@H](CCCN[C@H](C)c3ccc(F)c4ccccc34)Oc3ccccc32)c(C)c1. The smallest absolute Gasteiger partial charge is 0.337 e. The number of esters is 1. The predicted octanol–water partition coefficient (Wildman–Crippen LogP) is 7.49. The molecule has 0 saturated heterocycles. The summed E-state index contributed by atoms with van der Waals surface area (Å²) in [6.45, 7) is 5.02. The van der Waals surface area contributed by atoms with Crippen LogP contribution >= 0.6 is 0 Å². The summed E-state index contributed by atoms with van der Waals surface area (Å²) in [4.78, 5) is 12.0. The molecular formula is C33H34FNO3. The van der Waals surface area contributed by atoms with Crippen molar-refractivity contribution in [2.24, 2.45) is 0 Å². The molecule has 4 aromatic carbocycles. The fourth-order valence-electron chi connectivity index (χ4n) is 5.70. The number of halogens is 1. The molecule has 4 aromatic rings. The van der Waals surface area contributed by atoms with Gasteiger partial charge in [-0.1, -0.05) is 54.6 Å². The molecule has 5 heteroatoms. The number of hydrogen-bond acceptors (Lipinski definition) is 4. The van der Waals surface area contributed by atoms with Crippen LogP contribution in [-0.2, 0) is 4.74 Å². The van der Waals surface area contributed by atoms with Gasteiger partial charge in [-0.15, -0.1) is 0 Å². The first-order valence-corrected chi connectivity index (χ1v) is 13.3. The highest BCUT2D eigenvalue weighted by Crippen LogP contribution is 2.42.